The molecule has 2 aromatic carbocycles. The molecule has 2 aliphatic rings. The molecule has 0 aliphatic carbocycles. The van der Waals surface area contributed by atoms with Gasteiger partial charge in [-0.3, -0.25) is 20.2 Å². The molecule has 3 heterocycles. The normalized spacial score (nSPS) is 16.9. The largest absolute Gasteiger partial charge is 0.457 e. The fraction of sp³-hybridized carbons (Fsp3) is 0.174. The van der Waals surface area contributed by atoms with E-state index < -0.39 is 11.1 Å². The number of nitro groups is 1. The Labute approximate surface area is 192 Å². The van der Waals surface area contributed by atoms with E-state index in [1.54, 1.807) is 29.3 Å². The zero-order valence-electron chi connectivity index (χ0n) is 17.6. The predicted octanol–water partition coefficient (Wildman–Crippen LogP) is 3.14. The Bertz CT molecular complexity index is 1410. The second-order valence-corrected chi connectivity index (χ2v) is 8.51. The van der Waals surface area contributed by atoms with E-state index in [9.17, 15) is 14.9 Å². The van der Waals surface area contributed by atoms with E-state index >= 15 is 0 Å². The molecule has 0 fully saturated rings. The Morgan fingerprint density at radius 3 is 2.85 bits per heavy atom. The fourth-order valence-corrected chi connectivity index (χ4v) is 4.40. The number of rotatable bonds is 5. The van der Waals surface area contributed by atoms with Crippen LogP contribution in [0.15, 0.2) is 75.2 Å². The van der Waals surface area contributed by atoms with Crippen molar-refractivity contribution >= 4 is 34.2 Å². The first-order chi connectivity index (χ1) is 16.0. The zero-order chi connectivity index (χ0) is 22.9. The van der Waals surface area contributed by atoms with Gasteiger partial charge in [-0.25, -0.2) is 10.0 Å². The van der Waals surface area contributed by atoms with Gasteiger partial charge in [0.25, 0.3) is 11.6 Å². The van der Waals surface area contributed by atoms with Crippen LogP contribution in [0.3, 0.4) is 0 Å². The Balaban J connectivity index is 1.60. The van der Waals surface area contributed by atoms with Crippen LogP contribution >= 0.6 is 11.8 Å². The topological polar surface area (TPSA) is 113 Å². The molecule has 0 unspecified atom stereocenters. The molecule has 1 atom stereocenters. The average molecular weight is 462 g/mol. The molecule has 0 radical (unpaired) electrons. The molecule has 0 saturated heterocycles. The summed E-state index contributed by atoms with van der Waals surface area (Å²) in [6, 6.07) is 17.1. The molecule has 3 aromatic rings. The summed E-state index contributed by atoms with van der Waals surface area (Å²) in [5.74, 6) is 1.51. The highest BCUT2D eigenvalue weighted by Crippen LogP contribution is 2.34. The van der Waals surface area contributed by atoms with Crippen LogP contribution in [0.1, 0.15) is 25.3 Å². The van der Waals surface area contributed by atoms with Crippen molar-refractivity contribution < 1.29 is 14.1 Å². The summed E-state index contributed by atoms with van der Waals surface area (Å²) in [4.78, 5) is 28.6. The summed E-state index contributed by atoms with van der Waals surface area (Å²) in [5, 5.41) is 22.1. The maximum atomic E-state index is 13.0. The second kappa shape index (κ2) is 8.55. The lowest BCUT2D eigenvalue weighted by Gasteiger charge is -2.32. The standard InChI is InChI=1S/C23H19N5O4S/c1-2-12-33-23-25-22(29)20-16-8-3-4-9-17(16)24-21(27(20)26-23)19-11-10-18(32-19)14-6-5-7-15(13-14)28(30)31/h3-11,13,21H,2,12H2,1H3,(H,25,26,29)/t21-/m1/s1. The molecule has 0 bridgehead atoms. The highest BCUT2D eigenvalue weighted by Gasteiger charge is 2.36. The smallest absolute Gasteiger partial charge is 0.276 e. The number of benzene rings is 2. The Morgan fingerprint density at radius 1 is 1.18 bits per heavy atom. The molecule has 1 N–H and O–H groups in total. The van der Waals surface area contributed by atoms with Crippen molar-refractivity contribution in [2.45, 2.75) is 19.5 Å². The highest BCUT2D eigenvalue weighted by atomic mass is 32.2. The van der Waals surface area contributed by atoms with Crippen molar-refractivity contribution in [1.82, 2.24) is 10.3 Å². The molecular weight excluding hydrogens is 442 g/mol. The van der Waals surface area contributed by atoms with Gasteiger partial charge >= 0.3 is 0 Å². The lowest BCUT2D eigenvalue weighted by molar-refractivity contribution is -0.384. The number of nitro benzene ring substituents is 1. The van der Waals surface area contributed by atoms with E-state index in [-0.39, 0.29) is 11.6 Å². The maximum Gasteiger partial charge on any atom is 0.276 e. The second-order valence-electron chi connectivity index (χ2n) is 7.43. The summed E-state index contributed by atoms with van der Waals surface area (Å²) in [6.07, 6.45) is 0.253. The van der Waals surface area contributed by atoms with Crippen molar-refractivity contribution in [2.75, 3.05) is 5.75 Å². The number of hydrogen-bond acceptors (Lipinski definition) is 8. The lowest BCUT2D eigenvalue weighted by atomic mass is 10.1. The molecule has 0 saturated carbocycles. The van der Waals surface area contributed by atoms with Crippen LogP contribution in [-0.2, 0) is 4.79 Å². The third-order valence-electron chi connectivity index (χ3n) is 5.18. The SMILES string of the molecule is CCCSC1=NN2C(=c3ccccc3=N[C@H]2c2ccc(-c3cccc([N+](=O)[O-])c3)o2)C(=O)N1. The number of furan rings is 1. The number of amides is 1. The third kappa shape index (κ3) is 3.89. The summed E-state index contributed by atoms with van der Waals surface area (Å²) in [5.41, 5.74) is 0.960. The van der Waals surface area contributed by atoms with Gasteiger partial charge in [-0.05, 0) is 24.6 Å². The Hall–Kier alpha value is -3.92. The molecule has 5 rings (SSSR count). The molecule has 10 heteroatoms. The molecule has 166 valence electrons. The van der Waals surface area contributed by atoms with E-state index in [1.165, 1.54) is 23.9 Å². The fourth-order valence-electron chi connectivity index (χ4n) is 3.70. The van der Waals surface area contributed by atoms with Gasteiger partial charge in [-0.2, -0.15) is 0 Å². The quantitative estimate of drug-likeness (QED) is 0.461. The minimum absolute atomic E-state index is 0.0211. The van der Waals surface area contributed by atoms with Gasteiger partial charge in [0.05, 0.1) is 10.3 Å². The van der Waals surface area contributed by atoms with Crippen LogP contribution in [0.5, 0.6) is 0 Å². The van der Waals surface area contributed by atoms with Gasteiger partial charge in [-0.1, -0.05) is 49.0 Å². The van der Waals surface area contributed by atoms with Crippen molar-refractivity contribution in [3.8, 4) is 11.3 Å². The molecular formula is C23H19N5O4S. The summed E-state index contributed by atoms with van der Waals surface area (Å²) in [7, 11) is 0. The number of hydrogen-bond donors (Lipinski definition) is 1. The van der Waals surface area contributed by atoms with Gasteiger partial charge in [0.1, 0.15) is 11.5 Å². The number of amidine groups is 1. The van der Waals surface area contributed by atoms with Crippen molar-refractivity contribution in [1.29, 1.82) is 0 Å². The number of non-ortho nitro benzene ring substituents is 1. The van der Waals surface area contributed by atoms with Gasteiger partial charge in [0, 0.05) is 28.7 Å². The first kappa shape index (κ1) is 21.0. The number of nitrogens with one attached hydrogen (secondary N) is 1. The van der Waals surface area contributed by atoms with Crippen molar-refractivity contribution in [3.63, 3.8) is 0 Å². The number of nitrogens with zero attached hydrogens (tertiary/aromatic N) is 4. The van der Waals surface area contributed by atoms with Gasteiger partial charge in [0.2, 0.25) is 6.17 Å². The van der Waals surface area contributed by atoms with E-state index in [2.05, 4.69) is 17.3 Å². The monoisotopic (exact) mass is 461 g/mol. The van der Waals surface area contributed by atoms with Crippen LogP contribution < -0.4 is 15.9 Å². The summed E-state index contributed by atoms with van der Waals surface area (Å²) >= 11 is 1.47. The van der Waals surface area contributed by atoms with E-state index in [4.69, 9.17) is 9.41 Å². The number of carbonyl (C=O) groups excluding carboxylic acids is 1. The number of carbonyl (C=O) groups is 1. The number of para-hydroxylation sites is 1. The first-order valence-electron chi connectivity index (χ1n) is 10.4. The predicted molar refractivity (Wildman–Crippen MR) is 124 cm³/mol. The number of thioether (sulfide) groups is 1. The van der Waals surface area contributed by atoms with Crippen LogP contribution in [0, 0.1) is 10.1 Å². The molecule has 33 heavy (non-hydrogen) atoms. The molecule has 1 aromatic heterocycles. The maximum absolute atomic E-state index is 13.0. The Kier molecular flexibility index (Phi) is 5.43. The van der Waals surface area contributed by atoms with E-state index in [0.717, 1.165) is 12.2 Å². The van der Waals surface area contributed by atoms with Crippen molar-refractivity contribution in [2.24, 2.45) is 10.1 Å². The minimum atomic E-state index is -0.689. The lowest BCUT2D eigenvalue weighted by Crippen LogP contribution is -2.50. The van der Waals surface area contributed by atoms with E-state index in [0.29, 0.717) is 38.5 Å². The van der Waals surface area contributed by atoms with Crippen LogP contribution in [0.25, 0.3) is 17.0 Å². The average Bonchev–Trinajstić information content (AvgIpc) is 3.32. The van der Waals surface area contributed by atoms with Gasteiger partial charge < -0.3 is 4.42 Å². The van der Waals surface area contributed by atoms with Crippen LogP contribution in [0.4, 0.5) is 5.69 Å². The van der Waals surface area contributed by atoms with Gasteiger partial charge in [0.15, 0.2) is 10.9 Å². The third-order valence-corrected chi connectivity index (χ3v) is 6.25. The van der Waals surface area contributed by atoms with Crippen molar-refractivity contribution in [3.05, 3.63) is 87.1 Å². The van der Waals surface area contributed by atoms with E-state index in [1.807, 2.05) is 24.3 Å². The minimum Gasteiger partial charge on any atom is -0.457 e. The first-order valence-corrected chi connectivity index (χ1v) is 11.4. The number of fused-ring (bicyclic) bond motifs is 2. The molecule has 9 nitrogen and oxygen atoms in total. The molecule has 0 spiro atoms. The summed E-state index contributed by atoms with van der Waals surface area (Å²) in [6.45, 7) is 2.06. The molecule has 2 aliphatic heterocycles. The summed E-state index contributed by atoms with van der Waals surface area (Å²) < 4.78 is 6.08. The Morgan fingerprint density at radius 2 is 2.03 bits per heavy atom. The number of hydrazone groups is 1. The van der Waals surface area contributed by atoms with Crippen LogP contribution in [0.2, 0.25) is 0 Å². The molecule has 1 amide bonds. The van der Waals surface area contributed by atoms with Gasteiger partial charge in [-0.15, -0.1) is 5.10 Å². The van der Waals surface area contributed by atoms with Crippen LogP contribution in [-0.4, -0.2) is 26.8 Å². The highest BCUT2D eigenvalue weighted by molar-refractivity contribution is 8.13. The zero-order valence-corrected chi connectivity index (χ0v) is 18.4.